The number of halogens is 3. The summed E-state index contributed by atoms with van der Waals surface area (Å²) in [5.74, 6) is 0.0612. The minimum absolute atomic E-state index is 0.113. The summed E-state index contributed by atoms with van der Waals surface area (Å²) in [6, 6.07) is 9.49. The molecule has 0 spiro atoms. The van der Waals surface area contributed by atoms with E-state index in [9.17, 15) is 9.59 Å². The van der Waals surface area contributed by atoms with Crippen LogP contribution in [-0.4, -0.2) is 32.3 Å². The maximum Gasteiger partial charge on any atom is 0.253 e. The van der Waals surface area contributed by atoms with Crippen molar-refractivity contribution < 1.29 is 9.59 Å². The quantitative estimate of drug-likeness (QED) is 0.259. The van der Waals surface area contributed by atoms with Crippen molar-refractivity contribution in [2.24, 2.45) is 0 Å². The van der Waals surface area contributed by atoms with E-state index in [1.54, 1.807) is 41.8 Å². The van der Waals surface area contributed by atoms with Crippen LogP contribution in [0.1, 0.15) is 34.7 Å². The molecule has 7 nitrogen and oxygen atoms in total. The van der Waals surface area contributed by atoms with Gasteiger partial charge in [-0.05, 0) is 49.7 Å². The summed E-state index contributed by atoms with van der Waals surface area (Å²) in [6.45, 7) is 7.86. The van der Waals surface area contributed by atoms with Crippen molar-refractivity contribution in [3.63, 3.8) is 0 Å². The predicted molar refractivity (Wildman–Crippen MR) is 138 cm³/mol. The summed E-state index contributed by atoms with van der Waals surface area (Å²) in [4.78, 5) is 25.2. The minimum atomic E-state index is -0.482. The Hall–Kier alpha value is -2.52. The van der Waals surface area contributed by atoms with Crippen molar-refractivity contribution in [2.45, 2.75) is 31.6 Å². The molecule has 1 heterocycles. The molecule has 0 saturated carbocycles. The van der Waals surface area contributed by atoms with Crippen LogP contribution in [0.2, 0.25) is 15.1 Å². The van der Waals surface area contributed by atoms with E-state index in [0.29, 0.717) is 38.8 Å². The highest BCUT2D eigenvalue weighted by molar-refractivity contribution is 7.99. The lowest BCUT2D eigenvalue weighted by molar-refractivity contribution is -0.113. The topological polar surface area (TPSA) is 88.9 Å². The van der Waals surface area contributed by atoms with Gasteiger partial charge in [-0.1, -0.05) is 58.7 Å². The Kier molecular flexibility index (Phi) is 9.02. The minimum Gasteiger partial charge on any atom is -0.342 e. The number of hydrogen-bond acceptors (Lipinski definition) is 5. The van der Waals surface area contributed by atoms with Crippen molar-refractivity contribution in [1.29, 1.82) is 0 Å². The monoisotopic (exact) mass is 537 g/mol. The van der Waals surface area contributed by atoms with E-state index in [-0.39, 0.29) is 22.6 Å². The summed E-state index contributed by atoms with van der Waals surface area (Å²) in [5.41, 5.74) is 1.86. The summed E-state index contributed by atoms with van der Waals surface area (Å²) >= 11 is 19.3. The molecule has 0 fully saturated rings. The summed E-state index contributed by atoms with van der Waals surface area (Å²) in [5, 5.41) is 15.9. The highest BCUT2D eigenvalue weighted by Gasteiger charge is 2.21. The van der Waals surface area contributed by atoms with Crippen LogP contribution in [0.25, 0.3) is 0 Å². The third kappa shape index (κ3) is 6.54. The number of carbonyl (C=O) groups excluding carboxylic acids is 2. The Morgan fingerprint density at radius 1 is 1.15 bits per heavy atom. The SMILES string of the molecule is C=CCn1c(SCC(=O)Nc2cc(Cl)ccc2C)nnc1C(C)NC(=O)c1ccc(Cl)cc1Cl. The van der Waals surface area contributed by atoms with Crippen molar-refractivity contribution in [3.8, 4) is 0 Å². The van der Waals surface area contributed by atoms with Gasteiger partial charge in [-0.15, -0.1) is 16.8 Å². The Morgan fingerprint density at radius 3 is 2.56 bits per heavy atom. The number of nitrogens with one attached hydrogen (secondary N) is 2. The van der Waals surface area contributed by atoms with Gasteiger partial charge in [0.1, 0.15) is 0 Å². The van der Waals surface area contributed by atoms with Gasteiger partial charge in [-0.3, -0.25) is 9.59 Å². The van der Waals surface area contributed by atoms with Crippen molar-refractivity contribution in [3.05, 3.63) is 81.1 Å². The molecular formula is C23H22Cl3N5O2S. The fourth-order valence-corrected chi connectivity index (χ4v) is 4.51. The summed E-state index contributed by atoms with van der Waals surface area (Å²) in [6.07, 6.45) is 1.69. The molecule has 3 aromatic rings. The van der Waals surface area contributed by atoms with Crippen LogP contribution < -0.4 is 10.6 Å². The van der Waals surface area contributed by atoms with Gasteiger partial charge in [0.05, 0.1) is 22.4 Å². The number of allylic oxidation sites excluding steroid dienone is 1. The number of aromatic nitrogens is 3. The van der Waals surface area contributed by atoms with Crippen molar-refractivity contribution in [1.82, 2.24) is 20.1 Å². The standard InChI is InChI=1S/C23H22Cl3N5O2S/c1-4-9-31-21(14(3)27-22(33)17-8-7-15(24)10-18(17)26)29-30-23(31)34-12-20(32)28-19-11-16(25)6-5-13(19)2/h4-8,10-11,14H,1,9,12H2,2-3H3,(H,27,33)(H,28,32). The van der Waals surface area contributed by atoms with Crippen LogP contribution in [0.15, 0.2) is 54.2 Å². The smallest absolute Gasteiger partial charge is 0.253 e. The van der Waals surface area contributed by atoms with E-state index in [1.807, 2.05) is 13.0 Å². The molecule has 3 rings (SSSR count). The molecule has 0 aliphatic heterocycles. The molecule has 0 saturated heterocycles. The zero-order valence-electron chi connectivity index (χ0n) is 18.4. The van der Waals surface area contributed by atoms with Crippen LogP contribution in [0.4, 0.5) is 5.69 Å². The Bertz CT molecular complexity index is 1230. The number of anilines is 1. The lowest BCUT2D eigenvalue weighted by atomic mass is 10.2. The molecule has 2 N–H and O–H groups in total. The lowest BCUT2D eigenvalue weighted by Gasteiger charge is -2.16. The van der Waals surface area contributed by atoms with E-state index < -0.39 is 6.04 Å². The first-order chi connectivity index (χ1) is 16.2. The molecule has 1 aromatic heterocycles. The van der Waals surface area contributed by atoms with Crippen LogP contribution in [0, 0.1) is 6.92 Å². The maximum atomic E-state index is 12.7. The van der Waals surface area contributed by atoms with E-state index >= 15 is 0 Å². The Morgan fingerprint density at radius 2 is 1.85 bits per heavy atom. The van der Waals surface area contributed by atoms with E-state index in [4.69, 9.17) is 34.8 Å². The Labute approximate surface area is 216 Å². The van der Waals surface area contributed by atoms with Gasteiger partial charge >= 0.3 is 0 Å². The first kappa shape index (κ1) is 26.1. The average molecular weight is 539 g/mol. The van der Waals surface area contributed by atoms with Crippen LogP contribution in [-0.2, 0) is 11.3 Å². The second-order valence-corrected chi connectivity index (χ2v) is 9.58. The highest BCUT2D eigenvalue weighted by Crippen LogP contribution is 2.25. The largest absolute Gasteiger partial charge is 0.342 e. The van der Waals surface area contributed by atoms with Crippen molar-refractivity contribution in [2.75, 3.05) is 11.1 Å². The van der Waals surface area contributed by atoms with Gasteiger partial charge in [-0.25, -0.2) is 0 Å². The van der Waals surface area contributed by atoms with Gasteiger partial charge < -0.3 is 15.2 Å². The van der Waals surface area contributed by atoms with Crippen LogP contribution >= 0.6 is 46.6 Å². The molecule has 11 heteroatoms. The molecule has 0 aliphatic carbocycles. The number of nitrogens with zero attached hydrogens (tertiary/aromatic N) is 3. The van der Waals surface area contributed by atoms with Crippen LogP contribution in [0.5, 0.6) is 0 Å². The second kappa shape index (κ2) is 11.8. The molecule has 0 radical (unpaired) electrons. The first-order valence-corrected chi connectivity index (χ1v) is 12.3. The number of thioether (sulfide) groups is 1. The number of benzene rings is 2. The molecule has 2 amide bonds. The normalized spacial score (nSPS) is 11.7. The van der Waals surface area contributed by atoms with Gasteiger partial charge in [0.15, 0.2) is 11.0 Å². The molecule has 2 aromatic carbocycles. The number of rotatable bonds is 9. The number of aryl methyl sites for hydroxylation is 1. The van der Waals surface area contributed by atoms with Crippen molar-refractivity contribution >= 4 is 64.1 Å². The number of hydrogen-bond donors (Lipinski definition) is 2. The third-order valence-corrected chi connectivity index (χ3v) is 6.52. The van der Waals surface area contributed by atoms with E-state index in [0.717, 1.165) is 5.56 Å². The zero-order chi connectivity index (χ0) is 24.8. The highest BCUT2D eigenvalue weighted by atomic mass is 35.5. The number of carbonyl (C=O) groups is 2. The predicted octanol–water partition coefficient (Wildman–Crippen LogP) is 5.95. The van der Waals surface area contributed by atoms with Gasteiger partial charge in [-0.2, -0.15) is 0 Å². The zero-order valence-corrected chi connectivity index (χ0v) is 21.5. The van der Waals surface area contributed by atoms with Gasteiger partial charge in [0, 0.05) is 22.3 Å². The average Bonchev–Trinajstić information content (AvgIpc) is 3.17. The molecule has 0 aliphatic rings. The maximum absolute atomic E-state index is 12.7. The summed E-state index contributed by atoms with van der Waals surface area (Å²) < 4.78 is 1.80. The van der Waals surface area contributed by atoms with E-state index in [1.165, 1.54) is 17.8 Å². The lowest BCUT2D eigenvalue weighted by Crippen LogP contribution is -2.29. The molecular weight excluding hydrogens is 517 g/mol. The molecule has 34 heavy (non-hydrogen) atoms. The first-order valence-electron chi connectivity index (χ1n) is 10.2. The molecule has 1 unspecified atom stereocenters. The fourth-order valence-electron chi connectivity index (χ4n) is 3.09. The summed E-state index contributed by atoms with van der Waals surface area (Å²) in [7, 11) is 0. The van der Waals surface area contributed by atoms with Gasteiger partial charge in [0.2, 0.25) is 5.91 Å². The molecule has 1 atom stereocenters. The van der Waals surface area contributed by atoms with E-state index in [2.05, 4.69) is 27.4 Å². The Balaban J connectivity index is 1.69. The number of amides is 2. The fraction of sp³-hybridized carbons (Fsp3) is 0.217. The second-order valence-electron chi connectivity index (χ2n) is 7.36. The molecule has 0 bridgehead atoms. The molecule has 178 valence electrons. The van der Waals surface area contributed by atoms with Crippen LogP contribution in [0.3, 0.4) is 0 Å². The third-order valence-electron chi connectivity index (χ3n) is 4.77. The van der Waals surface area contributed by atoms with Gasteiger partial charge in [0.25, 0.3) is 5.91 Å².